The molecule has 2 rings (SSSR count). The average molecular weight is 255 g/mol. The van der Waals surface area contributed by atoms with Crippen molar-refractivity contribution in [3.8, 4) is 0 Å². The molecule has 92 valence electrons. The number of aliphatic hydroxyl groups is 1. The van der Waals surface area contributed by atoms with E-state index >= 15 is 0 Å². The number of β-amino-alcohol motifs (C(OH)–C–C–N with tert-alkyl or cyclic N) is 1. The molecule has 1 atom stereocenters. The zero-order valence-corrected chi connectivity index (χ0v) is 10.1. The zero-order valence-electron chi connectivity index (χ0n) is 9.30. The van der Waals surface area contributed by atoms with E-state index in [9.17, 15) is 14.3 Å². The van der Waals surface area contributed by atoms with Gasteiger partial charge in [0.2, 0.25) is 5.91 Å². The lowest BCUT2D eigenvalue weighted by Crippen LogP contribution is -2.30. The van der Waals surface area contributed by atoms with Crippen LogP contribution in [-0.2, 0) is 4.79 Å². The Kier molecular flexibility index (Phi) is 4.02. The fourth-order valence-corrected chi connectivity index (χ4v) is 2.60. The third kappa shape index (κ3) is 3.20. The molecule has 0 aliphatic carbocycles. The molecule has 1 N–H and O–H groups in total. The van der Waals surface area contributed by atoms with Crippen LogP contribution in [0.3, 0.4) is 0 Å². The van der Waals surface area contributed by atoms with Gasteiger partial charge in [0, 0.05) is 18.0 Å². The predicted molar refractivity (Wildman–Crippen MR) is 64.3 cm³/mol. The lowest BCUT2D eigenvalue weighted by Gasteiger charge is -2.15. The van der Waals surface area contributed by atoms with Gasteiger partial charge in [-0.05, 0) is 18.6 Å². The molecule has 1 saturated heterocycles. The van der Waals surface area contributed by atoms with Gasteiger partial charge in [0.25, 0.3) is 0 Å². The number of aliphatic hydroxyl groups excluding tert-OH is 1. The molecular formula is C12H14FNO2S. The van der Waals surface area contributed by atoms with E-state index in [1.54, 1.807) is 23.1 Å². The molecule has 0 bridgehead atoms. The normalized spacial score (nSPS) is 19.6. The van der Waals surface area contributed by atoms with E-state index in [4.69, 9.17) is 0 Å². The summed E-state index contributed by atoms with van der Waals surface area (Å²) in [7, 11) is 0. The summed E-state index contributed by atoms with van der Waals surface area (Å²) in [5, 5.41) is 9.32. The molecule has 0 aromatic heterocycles. The molecule has 1 aromatic carbocycles. The van der Waals surface area contributed by atoms with Crippen LogP contribution in [0.25, 0.3) is 0 Å². The molecule has 1 aliphatic rings. The van der Waals surface area contributed by atoms with Gasteiger partial charge in [0.05, 0.1) is 11.9 Å². The second kappa shape index (κ2) is 5.51. The lowest BCUT2D eigenvalue weighted by atomic mass is 10.3. The van der Waals surface area contributed by atoms with E-state index in [0.717, 1.165) is 0 Å². The third-order valence-electron chi connectivity index (χ3n) is 2.70. The number of halogens is 1. The fraction of sp³-hybridized carbons (Fsp3) is 0.417. The molecule has 1 fully saturated rings. The summed E-state index contributed by atoms with van der Waals surface area (Å²) in [4.78, 5) is 13.9. The van der Waals surface area contributed by atoms with Crippen molar-refractivity contribution >= 4 is 17.7 Å². The highest BCUT2D eigenvalue weighted by Gasteiger charge is 2.24. The first kappa shape index (κ1) is 12.4. The van der Waals surface area contributed by atoms with Gasteiger partial charge < -0.3 is 10.0 Å². The number of carbonyl (C=O) groups is 1. The minimum atomic E-state index is -0.405. The van der Waals surface area contributed by atoms with Crippen LogP contribution in [0.4, 0.5) is 4.39 Å². The number of nitrogens with zero attached hydrogens (tertiary/aromatic N) is 1. The second-order valence-corrected chi connectivity index (χ2v) is 5.02. The van der Waals surface area contributed by atoms with Crippen molar-refractivity contribution in [1.82, 2.24) is 4.90 Å². The summed E-state index contributed by atoms with van der Waals surface area (Å²) < 4.78 is 13.3. The van der Waals surface area contributed by atoms with E-state index < -0.39 is 6.10 Å². The molecule has 1 heterocycles. The van der Waals surface area contributed by atoms with Crippen LogP contribution >= 0.6 is 11.8 Å². The van der Waals surface area contributed by atoms with E-state index in [0.29, 0.717) is 24.4 Å². The highest BCUT2D eigenvalue weighted by molar-refractivity contribution is 8.00. The SMILES string of the molecule is O=C(CSc1ccccc1F)N1CCC(O)C1. The van der Waals surface area contributed by atoms with Gasteiger partial charge in [0.1, 0.15) is 5.82 Å². The molecule has 0 spiro atoms. The van der Waals surface area contributed by atoms with Crippen LogP contribution in [0.5, 0.6) is 0 Å². The summed E-state index contributed by atoms with van der Waals surface area (Å²) in [5.74, 6) is -0.130. The molecule has 1 unspecified atom stereocenters. The topological polar surface area (TPSA) is 40.5 Å². The number of amides is 1. The van der Waals surface area contributed by atoms with E-state index in [2.05, 4.69) is 0 Å². The molecule has 17 heavy (non-hydrogen) atoms. The molecule has 1 amide bonds. The smallest absolute Gasteiger partial charge is 0.233 e. The molecular weight excluding hydrogens is 241 g/mol. The zero-order chi connectivity index (χ0) is 12.3. The highest BCUT2D eigenvalue weighted by atomic mass is 32.2. The Morgan fingerprint density at radius 2 is 2.29 bits per heavy atom. The van der Waals surface area contributed by atoms with Crippen molar-refractivity contribution in [2.45, 2.75) is 17.4 Å². The Morgan fingerprint density at radius 1 is 1.53 bits per heavy atom. The third-order valence-corrected chi connectivity index (χ3v) is 3.74. The van der Waals surface area contributed by atoms with Crippen LogP contribution in [0.2, 0.25) is 0 Å². The minimum absolute atomic E-state index is 0.0465. The van der Waals surface area contributed by atoms with Gasteiger partial charge >= 0.3 is 0 Å². The summed E-state index contributed by atoms with van der Waals surface area (Å²) in [6.45, 7) is 0.995. The number of hydrogen-bond donors (Lipinski definition) is 1. The van der Waals surface area contributed by atoms with E-state index in [1.807, 2.05) is 0 Å². The van der Waals surface area contributed by atoms with Gasteiger partial charge in [0.15, 0.2) is 0 Å². The maximum Gasteiger partial charge on any atom is 0.233 e. The number of thioether (sulfide) groups is 1. The van der Waals surface area contributed by atoms with Gasteiger partial charge in [-0.3, -0.25) is 4.79 Å². The summed E-state index contributed by atoms with van der Waals surface area (Å²) in [6, 6.07) is 6.41. The van der Waals surface area contributed by atoms with Crippen molar-refractivity contribution in [3.63, 3.8) is 0 Å². The fourth-order valence-electron chi connectivity index (χ4n) is 1.76. The Labute approximate surface area is 104 Å². The first-order valence-electron chi connectivity index (χ1n) is 5.50. The van der Waals surface area contributed by atoms with Crippen LogP contribution < -0.4 is 0 Å². The maximum absolute atomic E-state index is 13.3. The van der Waals surface area contributed by atoms with Crippen molar-refractivity contribution < 1.29 is 14.3 Å². The molecule has 0 saturated carbocycles. The number of rotatable bonds is 3. The molecule has 0 radical (unpaired) electrons. The second-order valence-electron chi connectivity index (χ2n) is 4.00. The quantitative estimate of drug-likeness (QED) is 0.832. The molecule has 5 heteroatoms. The summed E-state index contributed by atoms with van der Waals surface area (Å²) >= 11 is 1.20. The van der Waals surface area contributed by atoms with Gasteiger partial charge in [-0.2, -0.15) is 0 Å². The minimum Gasteiger partial charge on any atom is -0.391 e. The Morgan fingerprint density at radius 3 is 2.94 bits per heavy atom. The van der Waals surface area contributed by atoms with Crippen LogP contribution in [0, 0.1) is 5.82 Å². The number of carbonyl (C=O) groups excluding carboxylic acids is 1. The lowest BCUT2D eigenvalue weighted by molar-refractivity contribution is -0.127. The molecule has 3 nitrogen and oxygen atoms in total. The molecule has 1 aromatic rings. The first-order chi connectivity index (χ1) is 8.16. The maximum atomic E-state index is 13.3. The number of likely N-dealkylation sites (tertiary alicyclic amines) is 1. The van der Waals surface area contributed by atoms with Crippen LogP contribution in [0.1, 0.15) is 6.42 Å². The van der Waals surface area contributed by atoms with Gasteiger partial charge in [-0.25, -0.2) is 4.39 Å². The Hall–Kier alpha value is -1.07. The van der Waals surface area contributed by atoms with E-state index in [-0.39, 0.29) is 17.5 Å². The van der Waals surface area contributed by atoms with Gasteiger partial charge in [-0.1, -0.05) is 12.1 Å². The monoisotopic (exact) mass is 255 g/mol. The van der Waals surface area contributed by atoms with Crippen LogP contribution in [-0.4, -0.2) is 40.9 Å². The average Bonchev–Trinajstić information content (AvgIpc) is 2.74. The number of hydrogen-bond acceptors (Lipinski definition) is 3. The largest absolute Gasteiger partial charge is 0.391 e. The molecule has 1 aliphatic heterocycles. The Bertz CT molecular complexity index is 413. The summed E-state index contributed by atoms with van der Waals surface area (Å²) in [5.41, 5.74) is 0. The number of benzene rings is 1. The Balaban J connectivity index is 1.86. The van der Waals surface area contributed by atoms with Crippen LogP contribution in [0.15, 0.2) is 29.2 Å². The predicted octanol–water partition coefficient (Wildman–Crippen LogP) is 1.51. The van der Waals surface area contributed by atoms with Crippen molar-refractivity contribution in [2.24, 2.45) is 0 Å². The van der Waals surface area contributed by atoms with Gasteiger partial charge in [-0.15, -0.1) is 11.8 Å². The van der Waals surface area contributed by atoms with Crippen molar-refractivity contribution in [3.05, 3.63) is 30.1 Å². The van der Waals surface area contributed by atoms with Crippen molar-refractivity contribution in [1.29, 1.82) is 0 Å². The summed E-state index contributed by atoms with van der Waals surface area (Å²) in [6.07, 6.45) is 0.230. The highest BCUT2D eigenvalue weighted by Crippen LogP contribution is 2.22. The van der Waals surface area contributed by atoms with E-state index in [1.165, 1.54) is 17.8 Å². The van der Waals surface area contributed by atoms with Crippen molar-refractivity contribution in [2.75, 3.05) is 18.8 Å². The standard InChI is InChI=1S/C12H14FNO2S/c13-10-3-1-2-4-11(10)17-8-12(16)14-6-5-9(15)7-14/h1-4,9,15H,5-8H2. The first-order valence-corrected chi connectivity index (χ1v) is 6.48.